The third kappa shape index (κ3) is 7.81. The van der Waals surface area contributed by atoms with Gasteiger partial charge in [0.2, 0.25) is 5.91 Å². The van der Waals surface area contributed by atoms with Crippen LogP contribution in [0.25, 0.3) is 0 Å². The molecule has 0 radical (unpaired) electrons. The summed E-state index contributed by atoms with van der Waals surface area (Å²) in [6.45, 7) is 11.3. The number of hydrogen-bond acceptors (Lipinski definition) is 6. The van der Waals surface area contributed by atoms with Gasteiger partial charge in [0.1, 0.15) is 11.6 Å². The highest BCUT2D eigenvalue weighted by Crippen LogP contribution is 2.33. The largest absolute Gasteiger partial charge is 0.490 e. The van der Waals surface area contributed by atoms with Gasteiger partial charge >= 0.3 is 0 Å². The fraction of sp³-hybridized carbons (Fsp3) is 0.500. The molecule has 3 aromatic rings. The van der Waals surface area contributed by atoms with Crippen molar-refractivity contribution in [2.75, 3.05) is 32.8 Å². The standard InChI is InChI=1S/C30H41N5O3/c1-4-37-28-15-11-14-27-23-33(22-26-12-7-5-8-13-26)19-20-34(17-9-6-10-21-38-30(27)28)29(36)16-18-35-25(3)31-24(2)32-35/h5,7-8,11-15H,4,6,9-10,16-23H2,1-3H3. The molecule has 0 fully saturated rings. The second kappa shape index (κ2) is 14.0. The molecule has 0 saturated heterocycles. The molecule has 1 aliphatic heterocycles. The van der Waals surface area contributed by atoms with E-state index in [1.54, 1.807) is 0 Å². The zero-order chi connectivity index (χ0) is 26.7. The smallest absolute Gasteiger partial charge is 0.224 e. The van der Waals surface area contributed by atoms with Crippen LogP contribution in [-0.2, 0) is 24.4 Å². The Kier molecular flexibility index (Phi) is 10.1. The third-order valence-corrected chi connectivity index (χ3v) is 6.86. The van der Waals surface area contributed by atoms with E-state index in [9.17, 15) is 4.79 Å². The lowest BCUT2D eigenvalue weighted by molar-refractivity contribution is -0.131. The van der Waals surface area contributed by atoms with E-state index < -0.39 is 0 Å². The fourth-order valence-corrected chi connectivity index (χ4v) is 4.93. The van der Waals surface area contributed by atoms with Gasteiger partial charge < -0.3 is 14.4 Å². The van der Waals surface area contributed by atoms with Crippen LogP contribution in [0, 0.1) is 13.8 Å². The Balaban J connectivity index is 1.52. The Hall–Kier alpha value is -3.39. The summed E-state index contributed by atoms with van der Waals surface area (Å²) in [5, 5.41) is 4.42. The minimum absolute atomic E-state index is 0.169. The van der Waals surface area contributed by atoms with Gasteiger partial charge in [0.05, 0.1) is 19.8 Å². The van der Waals surface area contributed by atoms with E-state index in [2.05, 4.69) is 45.3 Å². The van der Waals surface area contributed by atoms with Crippen LogP contribution in [0.15, 0.2) is 48.5 Å². The van der Waals surface area contributed by atoms with Gasteiger partial charge in [-0.2, -0.15) is 5.10 Å². The van der Waals surface area contributed by atoms with Crippen molar-refractivity contribution in [2.45, 2.75) is 66.1 Å². The number of nitrogens with zero attached hydrogens (tertiary/aromatic N) is 5. The van der Waals surface area contributed by atoms with E-state index in [1.807, 2.05) is 48.6 Å². The average molecular weight is 520 g/mol. The van der Waals surface area contributed by atoms with Crippen LogP contribution in [0.1, 0.15) is 55.4 Å². The molecule has 204 valence electrons. The number of carbonyl (C=O) groups excluding carboxylic acids is 1. The molecule has 0 atom stereocenters. The van der Waals surface area contributed by atoms with Gasteiger partial charge in [-0.25, -0.2) is 9.67 Å². The number of aromatic nitrogens is 3. The zero-order valence-electron chi connectivity index (χ0n) is 23.1. The molecule has 4 rings (SSSR count). The fourth-order valence-electron chi connectivity index (χ4n) is 4.93. The molecule has 1 amide bonds. The lowest BCUT2D eigenvalue weighted by Gasteiger charge is -2.28. The highest BCUT2D eigenvalue weighted by molar-refractivity contribution is 5.76. The summed E-state index contributed by atoms with van der Waals surface area (Å²) in [6.07, 6.45) is 3.32. The van der Waals surface area contributed by atoms with Crippen molar-refractivity contribution in [3.05, 3.63) is 71.3 Å². The Morgan fingerprint density at radius 3 is 2.61 bits per heavy atom. The van der Waals surface area contributed by atoms with Gasteiger partial charge in [0.15, 0.2) is 11.5 Å². The third-order valence-electron chi connectivity index (χ3n) is 6.86. The summed E-state index contributed by atoms with van der Waals surface area (Å²) in [4.78, 5) is 22.2. The van der Waals surface area contributed by atoms with E-state index in [-0.39, 0.29) is 5.91 Å². The first-order valence-corrected chi connectivity index (χ1v) is 13.8. The molecular formula is C30H41N5O3. The van der Waals surface area contributed by atoms with Crippen molar-refractivity contribution in [3.63, 3.8) is 0 Å². The number of fused-ring (bicyclic) bond motifs is 1. The van der Waals surface area contributed by atoms with Crippen LogP contribution in [0.4, 0.5) is 0 Å². The lowest BCUT2D eigenvalue weighted by atomic mass is 10.1. The van der Waals surface area contributed by atoms with Crippen molar-refractivity contribution in [1.82, 2.24) is 24.6 Å². The molecule has 8 heteroatoms. The molecular weight excluding hydrogens is 478 g/mol. The van der Waals surface area contributed by atoms with Gasteiger partial charge in [0, 0.05) is 44.7 Å². The van der Waals surface area contributed by atoms with Gasteiger partial charge in [-0.15, -0.1) is 0 Å². The summed E-state index contributed by atoms with van der Waals surface area (Å²) in [5.41, 5.74) is 2.36. The summed E-state index contributed by atoms with van der Waals surface area (Å²) in [7, 11) is 0. The molecule has 0 bridgehead atoms. The van der Waals surface area contributed by atoms with E-state index in [1.165, 1.54) is 5.56 Å². The highest BCUT2D eigenvalue weighted by atomic mass is 16.5. The minimum Gasteiger partial charge on any atom is -0.490 e. The molecule has 1 aliphatic rings. The number of benzene rings is 2. The van der Waals surface area contributed by atoms with Crippen LogP contribution in [-0.4, -0.2) is 63.3 Å². The maximum Gasteiger partial charge on any atom is 0.224 e. The van der Waals surface area contributed by atoms with Crippen LogP contribution in [0.2, 0.25) is 0 Å². The van der Waals surface area contributed by atoms with E-state index >= 15 is 0 Å². The van der Waals surface area contributed by atoms with Crippen molar-refractivity contribution in [3.8, 4) is 11.5 Å². The number of aryl methyl sites for hydroxylation is 3. The first-order valence-electron chi connectivity index (χ1n) is 13.8. The van der Waals surface area contributed by atoms with E-state index in [0.29, 0.717) is 39.3 Å². The minimum atomic E-state index is 0.169. The van der Waals surface area contributed by atoms with Crippen molar-refractivity contribution in [1.29, 1.82) is 0 Å². The van der Waals surface area contributed by atoms with Crippen molar-refractivity contribution < 1.29 is 14.3 Å². The average Bonchev–Trinajstić information content (AvgIpc) is 3.24. The lowest BCUT2D eigenvalue weighted by Crippen LogP contribution is -2.39. The quantitative estimate of drug-likeness (QED) is 0.448. The molecule has 0 spiro atoms. The molecule has 0 unspecified atom stereocenters. The predicted molar refractivity (Wildman–Crippen MR) is 148 cm³/mol. The summed E-state index contributed by atoms with van der Waals surface area (Å²) in [6, 6.07) is 16.6. The molecule has 1 aromatic heterocycles. The number of rotatable bonds is 7. The summed E-state index contributed by atoms with van der Waals surface area (Å²) in [5.74, 6) is 3.40. The van der Waals surface area contributed by atoms with Crippen LogP contribution >= 0.6 is 0 Å². The summed E-state index contributed by atoms with van der Waals surface area (Å²) >= 11 is 0. The predicted octanol–water partition coefficient (Wildman–Crippen LogP) is 4.78. The first-order chi connectivity index (χ1) is 18.5. The van der Waals surface area contributed by atoms with Crippen molar-refractivity contribution in [2.24, 2.45) is 0 Å². The van der Waals surface area contributed by atoms with Gasteiger partial charge in [-0.05, 0) is 51.7 Å². The number of hydrogen-bond donors (Lipinski definition) is 0. The van der Waals surface area contributed by atoms with Crippen LogP contribution in [0.5, 0.6) is 11.5 Å². The molecule has 0 N–H and O–H groups in total. The Morgan fingerprint density at radius 2 is 1.84 bits per heavy atom. The number of para-hydroxylation sites is 1. The topological polar surface area (TPSA) is 72.7 Å². The molecule has 2 heterocycles. The molecule has 38 heavy (non-hydrogen) atoms. The summed E-state index contributed by atoms with van der Waals surface area (Å²) < 4.78 is 14.1. The number of amides is 1. The Bertz CT molecular complexity index is 1160. The number of ether oxygens (including phenoxy) is 2. The normalized spacial score (nSPS) is 15.5. The molecule has 0 saturated carbocycles. The van der Waals surface area contributed by atoms with E-state index in [0.717, 1.165) is 67.6 Å². The highest BCUT2D eigenvalue weighted by Gasteiger charge is 2.20. The molecule has 2 aromatic carbocycles. The number of carbonyl (C=O) groups is 1. The Morgan fingerprint density at radius 1 is 1.00 bits per heavy atom. The maximum atomic E-state index is 13.4. The van der Waals surface area contributed by atoms with Gasteiger partial charge in [-0.3, -0.25) is 9.69 Å². The molecule has 0 aliphatic carbocycles. The monoisotopic (exact) mass is 519 g/mol. The van der Waals surface area contributed by atoms with Crippen LogP contribution < -0.4 is 9.47 Å². The van der Waals surface area contributed by atoms with Gasteiger partial charge in [-0.1, -0.05) is 42.5 Å². The first kappa shape index (κ1) is 27.6. The Labute approximate surface area is 226 Å². The maximum absolute atomic E-state index is 13.4. The molecule has 8 nitrogen and oxygen atoms in total. The second-order valence-electron chi connectivity index (χ2n) is 9.84. The zero-order valence-corrected chi connectivity index (χ0v) is 23.1. The van der Waals surface area contributed by atoms with Crippen molar-refractivity contribution >= 4 is 5.91 Å². The SMILES string of the molecule is CCOc1cccc2c1OCCCCCN(C(=O)CCn1nc(C)nc1C)CCN(Cc1ccccc1)C2. The van der Waals surface area contributed by atoms with Gasteiger partial charge in [0.25, 0.3) is 0 Å². The van der Waals surface area contributed by atoms with E-state index in [4.69, 9.17) is 9.47 Å². The van der Waals surface area contributed by atoms with Crippen LogP contribution in [0.3, 0.4) is 0 Å². The second-order valence-corrected chi connectivity index (χ2v) is 9.84.